The van der Waals surface area contributed by atoms with Crippen molar-refractivity contribution in [3.05, 3.63) is 24.4 Å². The molecule has 74 valence electrons. The number of nitrogens with zero attached hydrogens (tertiary/aromatic N) is 1. The van der Waals surface area contributed by atoms with E-state index in [1.165, 1.54) is 0 Å². The predicted octanol–water partition coefficient (Wildman–Crippen LogP) is 2.69. The first-order chi connectivity index (χ1) is 6.84. The Morgan fingerprint density at radius 2 is 2.07 bits per heavy atom. The molecule has 2 rings (SSSR count). The third-order valence-electron chi connectivity index (χ3n) is 2.42. The minimum atomic E-state index is 0.419. The van der Waals surface area contributed by atoms with Crippen LogP contribution in [0.1, 0.15) is 25.7 Å². The van der Waals surface area contributed by atoms with Crippen LogP contribution in [-0.4, -0.2) is 16.0 Å². The average molecular weight is 207 g/mol. The van der Waals surface area contributed by atoms with E-state index >= 15 is 0 Å². The molecule has 1 aliphatic carbocycles. The summed E-state index contributed by atoms with van der Waals surface area (Å²) >= 11 is 1.80. The van der Waals surface area contributed by atoms with Crippen LogP contribution in [0.25, 0.3) is 0 Å². The van der Waals surface area contributed by atoms with Crippen LogP contribution in [0, 0.1) is 0 Å². The summed E-state index contributed by atoms with van der Waals surface area (Å²) in [5, 5.41) is 1.66. The minimum absolute atomic E-state index is 0.419. The molecule has 0 bridgehead atoms. The molecule has 1 heterocycles. The molecule has 0 spiro atoms. The van der Waals surface area contributed by atoms with Crippen LogP contribution in [0.15, 0.2) is 29.4 Å². The second-order valence-electron chi connectivity index (χ2n) is 3.52. The summed E-state index contributed by atoms with van der Waals surface area (Å²) in [4.78, 5) is 15.3. The van der Waals surface area contributed by atoms with Gasteiger partial charge in [-0.15, -0.1) is 11.8 Å². The normalized spacial score (nSPS) is 18.4. The molecule has 0 N–H and O–H groups in total. The van der Waals surface area contributed by atoms with Gasteiger partial charge in [0, 0.05) is 24.3 Å². The zero-order valence-corrected chi connectivity index (χ0v) is 8.80. The van der Waals surface area contributed by atoms with Gasteiger partial charge in [0.2, 0.25) is 0 Å². The SMILES string of the molecule is O=C1CCC(Sc2ccccn2)CC1. The molecule has 0 unspecified atom stereocenters. The number of aromatic nitrogens is 1. The van der Waals surface area contributed by atoms with Crippen LogP contribution in [0.2, 0.25) is 0 Å². The summed E-state index contributed by atoms with van der Waals surface area (Å²) in [5.41, 5.74) is 0. The van der Waals surface area contributed by atoms with Crippen molar-refractivity contribution in [3.8, 4) is 0 Å². The van der Waals surface area contributed by atoms with E-state index in [1.54, 1.807) is 11.8 Å². The van der Waals surface area contributed by atoms with E-state index in [1.807, 2.05) is 24.4 Å². The maximum Gasteiger partial charge on any atom is 0.132 e. The zero-order chi connectivity index (χ0) is 9.80. The smallest absolute Gasteiger partial charge is 0.132 e. The molecule has 1 aliphatic rings. The van der Waals surface area contributed by atoms with Crippen molar-refractivity contribution in [2.75, 3.05) is 0 Å². The number of Topliss-reactive ketones (excluding diaryl/α,β-unsaturated/α-hetero) is 1. The van der Waals surface area contributed by atoms with Gasteiger partial charge in [0.15, 0.2) is 0 Å². The van der Waals surface area contributed by atoms with Crippen molar-refractivity contribution in [2.45, 2.75) is 36.0 Å². The quantitative estimate of drug-likeness (QED) is 0.746. The highest BCUT2D eigenvalue weighted by Crippen LogP contribution is 2.30. The summed E-state index contributed by atoms with van der Waals surface area (Å²) in [6.07, 6.45) is 5.35. The monoisotopic (exact) mass is 207 g/mol. The van der Waals surface area contributed by atoms with Gasteiger partial charge in [0.05, 0.1) is 5.03 Å². The van der Waals surface area contributed by atoms with Crippen LogP contribution in [0.3, 0.4) is 0 Å². The zero-order valence-electron chi connectivity index (χ0n) is 7.98. The standard InChI is InChI=1S/C11H13NOS/c13-9-4-6-10(7-5-9)14-11-3-1-2-8-12-11/h1-3,8,10H,4-7H2. The van der Waals surface area contributed by atoms with E-state index in [0.29, 0.717) is 11.0 Å². The Bertz CT molecular complexity index is 302. The predicted molar refractivity (Wildman–Crippen MR) is 57.4 cm³/mol. The van der Waals surface area contributed by atoms with Crippen LogP contribution >= 0.6 is 11.8 Å². The van der Waals surface area contributed by atoms with Crippen molar-refractivity contribution >= 4 is 17.5 Å². The Labute approximate surface area is 88.1 Å². The first-order valence-corrected chi connectivity index (χ1v) is 5.82. The summed E-state index contributed by atoms with van der Waals surface area (Å²) < 4.78 is 0. The lowest BCUT2D eigenvalue weighted by Crippen LogP contribution is -2.15. The highest BCUT2D eigenvalue weighted by Gasteiger charge is 2.19. The van der Waals surface area contributed by atoms with Gasteiger partial charge in [-0.3, -0.25) is 4.79 Å². The summed E-state index contributed by atoms with van der Waals surface area (Å²) in [5.74, 6) is 0.419. The van der Waals surface area contributed by atoms with E-state index in [9.17, 15) is 4.79 Å². The van der Waals surface area contributed by atoms with Crippen molar-refractivity contribution in [3.63, 3.8) is 0 Å². The highest BCUT2D eigenvalue weighted by atomic mass is 32.2. The molecule has 1 saturated carbocycles. The number of rotatable bonds is 2. The molecule has 14 heavy (non-hydrogen) atoms. The molecule has 0 saturated heterocycles. The first-order valence-electron chi connectivity index (χ1n) is 4.94. The molecule has 0 atom stereocenters. The van der Waals surface area contributed by atoms with Gasteiger partial charge in [0.25, 0.3) is 0 Å². The van der Waals surface area contributed by atoms with Gasteiger partial charge in [0.1, 0.15) is 5.78 Å². The van der Waals surface area contributed by atoms with E-state index in [4.69, 9.17) is 0 Å². The van der Waals surface area contributed by atoms with Crippen LogP contribution in [-0.2, 0) is 4.79 Å². The van der Waals surface area contributed by atoms with Gasteiger partial charge in [-0.25, -0.2) is 4.98 Å². The third kappa shape index (κ3) is 2.58. The fraction of sp³-hybridized carbons (Fsp3) is 0.455. The van der Waals surface area contributed by atoms with E-state index in [0.717, 1.165) is 30.7 Å². The molecule has 1 fully saturated rings. The Kier molecular flexibility index (Phi) is 3.19. The number of carbonyl (C=O) groups excluding carboxylic acids is 1. The third-order valence-corrected chi connectivity index (χ3v) is 3.70. The summed E-state index contributed by atoms with van der Waals surface area (Å²) in [6.45, 7) is 0. The molecule has 0 aliphatic heterocycles. The van der Waals surface area contributed by atoms with Gasteiger partial charge < -0.3 is 0 Å². The van der Waals surface area contributed by atoms with E-state index in [-0.39, 0.29) is 0 Å². The molecule has 3 heteroatoms. The molecule has 1 aromatic rings. The molecule has 1 aromatic heterocycles. The molecular weight excluding hydrogens is 194 g/mol. The second-order valence-corrected chi connectivity index (χ2v) is 4.84. The molecule has 2 nitrogen and oxygen atoms in total. The lowest BCUT2D eigenvalue weighted by molar-refractivity contribution is -0.120. The lowest BCUT2D eigenvalue weighted by Gasteiger charge is -2.19. The fourth-order valence-corrected chi connectivity index (χ4v) is 2.71. The number of carbonyl (C=O) groups is 1. The molecule has 0 aromatic carbocycles. The Balaban J connectivity index is 1.89. The number of pyridine rings is 1. The largest absolute Gasteiger partial charge is 0.300 e. The van der Waals surface area contributed by atoms with E-state index in [2.05, 4.69) is 4.98 Å². The maximum absolute atomic E-state index is 11.0. The molecule has 0 amide bonds. The van der Waals surface area contributed by atoms with Crippen LogP contribution in [0.4, 0.5) is 0 Å². The molecular formula is C11H13NOS. The van der Waals surface area contributed by atoms with E-state index < -0.39 is 0 Å². The van der Waals surface area contributed by atoms with Crippen molar-refractivity contribution < 1.29 is 4.79 Å². The summed E-state index contributed by atoms with van der Waals surface area (Å²) in [6, 6.07) is 5.96. The summed E-state index contributed by atoms with van der Waals surface area (Å²) in [7, 11) is 0. The topological polar surface area (TPSA) is 30.0 Å². The van der Waals surface area contributed by atoms with Crippen LogP contribution < -0.4 is 0 Å². The first kappa shape index (κ1) is 9.71. The second kappa shape index (κ2) is 4.60. The van der Waals surface area contributed by atoms with Gasteiger partial charge in [-0.2, -0.15) is 0 Å². The van der Waals surface area contributed by atoms with Gasteiger partial charge >= 0.3 is 0 Å². The highest BCUT2D eigenvalue weighted by molar-refractivity contribution is 7.99. The number of thioether (sulfide) groups is 1. The Morgan fingerprint density at radius 3 is 2.71 bits per heavy atom. The van der Waals surface area contributed by atoms with Crippen LogP contribution in [0.5, 0.6) is 0 Å². The fourth-order valence-electron chi connectivity index (χ4n) is 1.62. The average Bonchev–Trinajstić information content (AvgIpc) is 2.23. The minimum Gasteiger partial charge on any atom is -0.300 e. The molecule has 0 radical (unpaired) electrons. The lowest BCUT2D eigenvalue weighted by atomic mass is 9.99. The van der Waals surface area contributed by atoms with Crippen molar-refractivity contribution in [1.29, 1.82) is 0 Å². The van der Waals surface area contributed by atoms with Gasteiger partial charge in [-0.1, -0.05) is 6.07 Å². The Hall–Kier alpha value is -0.830. The number of hydrogen-bond donors (Lipinski definition) is 0. The number of ketones is 1. The maximum atomic E-state index is 11.0. The van der Waals surface area contributed by atoms with Crippen molar-refractivity contribution in [1.82, 2.24) is 4.98 Å². The van der Waals surface area contributed by atoms with Gasteiger partial charge in [-0.05, 0) is 25.0 Å². The van der Waals surface area contributed by atoms with Crippen molar-refractivity contribution in [2.24, 2.45) is 0 Å². The Morgan fingerprint density at radius 1 is 1.29 bits per heavy atom. The number of hydrogen-bond acceptors (Lipinski definition) is 3.